The Hall–Kier alpha value is -4.14. The first-order chi connectivity index (χ1) is 16.2. The fourth-order valence-electron chi connectivity index (χ4n) is 4.60. The number of non-ortho nitro benzene ring substituents is 1. The van der Waals surface area contributed by atoms with Gasteiger partial charge in [-0.05, 0) is 31.4 Å². The summed E-state index contributed by atoms with van der Waals surface area (Å²) in [6.45, 7) is 3.30. The van der Waals surface area contributed by atoms with Gasteiger partial charge in [0.2, 0.25) is 0 Å². The third kappa shape index (κ3) is 3.89. The molecule has 9 nitrogen and oxygen atoms in total. The summed E-state index contributed by atoms with van der Waals surface area (Å²) in [5, 5.41) is 12.7. The molecule has 0 bridgehead atoms. The first-order valence-electron chi connectivity index (χ1n) is 10.9. The van der Waals surface area contributed by atoms with Crippen molar-refractivity contribution in [2.45, 2.75) is 26.3 Å². The second kappa shape index (κ2) is 9.01. The van der Waals surface area contributed by atoms with Gasteiger partial charge < -0.3 is 0 Å². The van der Waals surface area contributed by atoms with E-state index in [0.29, 0.717) is 12.0 Å². The molecule has 0 N–H and O–H groups in total. The summed E-state index contributed by atoms with van der Waals surface area (Å²) in [7, 11) is 0. The molecule has 4 rings (SSSR count). The van der Waals surface area contributed by atoms with Crippen LogP contribution in [0.2, 0.25) is 0 Å². The molecule has 0 radical (unpaired) electrons. The Morgan fingerprint density at radius 3 is 2.26 bits per heavy atom. The highest BCUT2D eigenvalue weighted by Crippen LogP contribution is 2.40. The third-order valence-electron chi connectivity index (χ3n) is 6.40. The minimum Gasteiger partial charge on any atom is -0.292 e. The highest BCUT2D eigenvalue weighted by molar-refractivity contribution is 6.10. The van der Waals surface area contributed by atoms with E-state index in [1.54, 1.807) is 30.3 Å². The Morgan fingerprint density at radius 1 is 1.03 bits per heavy atom. The molecule has 2 aromatic carbocycles. The van der Waals surface area contributed by atoms with Gasteiger partial charge in [0.15, 0.2) is 5.78 Å². The first-order valence-corrected chi connectivity index (χ1v) is 10.9. The fraction of sp³-hybridized carbons (Fsp3) is 0.280. The Bertz CT molecular complexity index is 1190. The number of hydrogen-bond donors (Lipinski definition) is 0. The van der Waals surface area contributed by atoms with Gasteiger partial charge >= 0.3 is 0 Å². The number of nitrogens with zero attached hydrogens (tertiary/aromatic N) is 3. The Labute approximate surface area is 195 Å². The number of ketones is 1. The van der Waals surface area contributed by atoms with Gasteiger partial charge in [-0.2, -0.15) is 5.01 Å². The summed E-state index contributed by atoms with van der Waals surface area (Å²) in [6.07, 6.45) is 4.09. The number of nitro groups is 1. The van der Waals surface area contributed by atoms with E-state index in [4.69, 9.17) is 0 Å². The van der Waals surface area contributed by atoms with Crippen LogP contribution >= 0.6 is 0 Å². The second-order valence-electron chi connectivity index (χ2n) is 8.50. The van der Waals surface area contributed by atoms with Gasteiger partial charge in [-0.3, -0.25) is 29.3 Å². The Balaban J connectivity index is 1.76. The maximum Gasteiger partial charge on any atom is 0.273 e. The van der Waals surface area contributed by atoms with Crippen LogP contribution in [0.3, 0.4) is 0 Å². The molecule has 1 aliphatic heterocycles. The lowest BCUT2D eigenvalue weighted by Crippen LogP contribution is -2.56. The molecule has 1 fully saturated rings. The van der Waals surface area contributed by atoms with Crippen molar-refractivity contribution in [2.24, 2.45) is 17.8 Å². The molecular formula is C25H23N3O6. The summed E-state index contributed by atoms with van der Waals surface area (Å²) >= 11 is 0. The largest absolute Gasteiger partial charge is 0.292 e. The van der Waals surface area contributed by atoms with E-state index in [-0.39, 0.29) is 17.2 Å². The van der Waals surface area contributed by atoms with Crippen molar-refractivity contribution in [3.63, 3.8) is 0 Å². The van der Waals surface area contributed by atoms with E-state index in [2.05, 4.69) is 0 Å². The highest BCUT2D eigenvalue weighted by atomic mass is 16.6. The molecule has 1 saturated heterocycles. The molecule has 4 atom stereocenters. The van der Waals surface area contributed by atoms with Crippen LogP contribution in [-0.2, 0) is 9.59 Å². The van der Waals surface area contributed by atoms with E-state index in [9.17, 15) is 29.3 Å². The summed E-state index contributed by atoms with van der Waals surface area (Å²) < 4.78 is 0. The Kier molecular flexibility index (Phi) is 6.10. The van der Waals surface area contributed by atoms with E-state index < -0.39 is 46.3 Å². The molecule has 34 heavy (non-hydrogen) atoms. The predicted octanol–water partition coefficient (Wildman–Crippen LogP) is 3.42. The molecule has 0 unspecified atom stereocenters. The number of nitro benzene ring substituents is 1. The summed E-state index contributed by atoms with van der Waals surface area (Å²) in [5.41, 5.74) is 0.124. The van der Waals surface area contributed by atoms with E-state index >= 15 is 0 Å². The zero-order valence-electron chi connectivity index (χ0n) is 18.7. The molecule has 3 amide bonds. The number of carbonyl (C=O) groups is 4. The number of Topliss-reactive ketones (excluding diaryl/α,β-unsaturated/α-hetero) is 1. The van der Waals surface area contributed by atoms with Gasteiger partial charge in [0, 0.05) is 23.3 Å². The third-order valence-corrected chi connectivity index (χ3v) is 6.40. The number of hydrogen-bond acceptors (Lipinski definition) is 6. The molecule has 0 aromatic heterocycles. The summed E-state index contributed by atoms with van der Waals surface area (Å²) in [6, 6.07) is 11.9. The first kappa shape index (κ1) is 23.0. The monoisotopic (exact) mass is 461 g/mol. The van der Waals surface area contributed by atoms with Crippen molar-refractivity contribution in [1.29, 1.82) is 0 Å². The molecule has 2 aromatic rings. The number of allylic oxidation sites excluding steroid dienone is 2. The number of hydrazine groups is 1. The van der Waals surface area contributed by atoms with Crippen LogP contribution < -0.4 is 0 Å². The summed E-state index contributed by atoms with van der Waals surface area (Å²) in [5.74, 6) is -3.71. The standard InChI is InChI=1S/C25H23N3O6/c1-15-7-6-10-20-21(15)25(32)27(24(20)31)26(16(2)22(29)17-8-4-3-5-9-17)23(30)18-11-13-19(14-12-18)28(33)34/h3-9,11-16,20-21H,10H2,1-2H3/t15-,16-,20+,21+/m1/s1. The van der Waals surface area contributed by atoms with Crippen molar-refractivity contribution in [2.75, 3.05) is 0 Å². The van der Waals surface area contributed by atoms with Crippen molar-refractivity contribution >= 4 is 29.2 Å². The molecule has 1 aliphatic carbocycles. The lowest BCUT2D eigenvalue weighted by molar-refractivity contribution is -0.384. The van der Waals surface area contributed by atoms with E-state index in [0.717, 1.165) is 22.2 Å². The van der Waals surface area contributed by atoms with Crippen molar-refractivity contribution < 1.29 is 24.1 Å². The number of rotatable bonds is 6. The molecule has 2 aliphatic rings. The quantitative estimate of drug-likeness (QED) is 0.214. The lowest BCUT2D eigenvalue weighted by Gasteiger charge is -2.34. The second-order valence-corrected chi connectivity index (χ2v) is 8.50. The maximum atomic E-state index is 13.6. The normalized spacial score (nSPS) is 22.3. The van der Waals surface area contributed by atoms with E-state index in [1.165, 1.54) is 19.1 Å². The average Bonchev–Trinajstić information content (AvgIpc) is 3.10. The van der Waals surface area contributed by atoms with Crippen LogP contribution in [0.15, 0.2) is 66.7 Å². The molecule has 9 heteroatoms. The number of benzene rings is 2. The maximum absolute atomic E-state index is 13.6. The zero-order valence-corrected chi connectivity index (χ0v) is 18.7. The van der Waals surface area contributed by atoms with Gasteiger partial charge in [0.05, 0.1) is 16.8 Å². The van der Waals surface area contributed by atoms with Crippen molar-refractivity contribution in [3.05, 3.63) is 88.0 Å². The van der Waals surface area contributed by atoms with Gasteiger partial charge in [-0.1, -0.05) is 49.4 Å². The van der Waals surface area contributed by atoms with Crippen LogP contribution in [0.4, 0.5) is 5.69 Å². The molecular weight excluding hydrogens is 438 g/mol. The van der Waals surface area contributed by atoms with Gasteiger partial charge in [-0.15, -0.1) is 0 Å². The SMILES string of the molecule is C[C@@H]1C=CC[C@@H]2C(=O)N(N(C(=O)c3ccc([N+](=O)[O-])cc3)[C@H](C)C(=O)c3ccccc3)C(=O)[C@@H]12. The number of fused-ring (bicyclic) bond motifs is 1. The lowest BCUT2D eigenvalue weighted by atomic mass is 9.78. The molecule has 0 saturated carbocycles. The van der Waals surface area contributed by atoms with Crippen LogP contribution in [0, 0.1) is 27.9 Å². The van der Waals surface area contributed by atoms with Crippen LogP contribution in [0.1, 0.15) is 41.0 Å². The van der Waals surface area contributed by atoms with Gasteiger partial charge in [-0.25, -0.2) is 5.01 Å². The minimum atomic E-state index is -1.18. The smallest absolute Gasteiger partial charge is 0.273 e. The topological polar surface area (TPSA) is 118 Å². The van der Waals surface area contributed by atoms with Gasteiger partial charge in [0.1, 0.15) is 6.04 Å². The molecule has 174 valence electrons. The number of amides is 3. The minimum absolute atomic E-state index is 0.0138. The summed E-state index contributed by atoms with van der Waals surface area (Å²) in [4.78, 5) is 64.1. The fourth-order valence-corrected chi connectivity index (χ4v) is 4.60. The van der Waals surface area contributed by atoms with Crippen LogP contribution in [-0.4, -0.2) is 44.5 Å². The van der Waals surface area contributed by atoms with Crippen molar-refractivity contribution in [1.82, 2.24) is 10.0 Å². The number of carbonyl (C=O) groups excluding carboxylic acids is 4. The van der Waals surface area contributed by atoms with Crippen LogP contribution in [0.25, 0.3) is 0 Å². The molecule has 0 spiro atoms. The predicted molar refractivity (Wildman–Crippen MR) is 121 cm³/mol. The van der Waals surface area contributed by atoms with E-state index in [1.807, 2.05) is 19.1 Å². The number of imide groups is 1. The average molecular weight is 461 g/mol. The van der Waals surface area contributed by atoms with Crippen molar-refractivity contribution in [3.8, 4) is 0 Å². The van der Waals surface area contributed by atoms with Gasteiger partial charge in [0.25, 0.3) is 23.4 Å². The highest BCUT2D eigenvalue weighted by Gasteiger charge is 2.54. The molecule has 1 heterocycles. The zero-order chi connectivity index (χ0) is 24.6. The van der Waals surface area contributed by atoms with Crippen LogP contribution in [0.5, 0.6) is 0 Å². The Morgan fingerprint density at radius 2 is 1.68 bits per heavy atom.